The van der Waals surface area contributed by atoms with Crippen LogP contribution in [0.5, 0.6) is 0 Å². The maximum Gasteiger partial charge on any atom is 0.405 e. The summed E-state index contributed by atoms with van der Waals surface area (Å²) < 4.78 is 45.1. The van der Waals surface area contributed by atoms with Crippen LogP contribution in [-0.4, -0.2) is 29.6 Å². The van der Waals surface area contributed by atoms with Crippen molar-refractivity contribution in [1.82, 2.24) is 10.5 Å². The molecule has 220 valence electrons. The molecule has 0 aromatic carbocycles. The number of carbonyl (C=O) groups is 2. The van der Waals surface area contributed by atoms with Gasteiger partial charge in [0.05, 0.1) is 11.6 Å². The minimum atomic E-state index is -4.47. The van der Waals surface area contributed by atoms with Crippen molar-refractivity contribution in [2.24, 2.45) is 44.8 Å². The summed E-state index contributed by atoms with van der Waals surface area (Å²) in [4.78, 5) is 28.1. The van der Waals surface area contributed by atoms with E-state index in [0.717, 1.165) is 37.0 Å². The quantitative estimate of drug-likeness (QED) is 0.416. The molecule has 0 radical (unpaired) electrons. The highest BCUT2D eigenvalue weighted by molar-refractivity contribution is 5.96. The lowest BCUT2D eigenvalue weighted by Gasteiger charge is -2.68. The molecule has 40 heavy (non-hydrogen) atoms. The Kier molecular flexibility index (Phi) is 5.93. The predicted octanol–water partition coefficient (Wildman–Crippen LogP) is 7.17. The molecule has 8 atom stereocenters. The van der Waals surface area contributed by atoms with Crippen molar-refractivity contribution < 1.29 is 27.3 Å². The van der Waals surface area contributed by atoms with Crippen molar-refractivity contribution in [3.05, 3.63) is 29.2 Å². The second kappa shape index (κ2) is 8.47. The first-order chi connectivity index (χ1) is 18.5. The Morgan fingerprint density at radius 3 is 2.48 bits per heavy atom. The van der Waals surface area contributed by atoms with Gasteiger partial charge in [0.1, 0.15) is 12.3 Å². The topological polar surface area (TPSA) is 72.2 Å². The van der Waals surface area contributed by atoms with Crippen LogP contribution in [0.15, 0.2) is 22.4 Å². The number of amides is 1. The zero-order chi connectivity index (χ0) is 29.1. The molecule has 3 fully saturated rings. The number of halogens is 3. The Hall–Kier alpha value is -2.12. The van der Waals surface area contributed by atoms with Crippen molar-refractivity contribution in [2.45, 2.75) is 105 Å². The fraction of sp³-hybridized carbons (Fsp3) is 0.781. The van der Waals surface area contributed by atoms with Crippen LogP contribution in [0.25, 0.3) is 0 Å². The maximum absolute atomic E-state index is 14.5. The zero-order valence-electron chi connectivity index (χ0n) is 24.6. The first-order valence-corrected chi connectivity index (χ1v) is 15.0. The Morgan fingerprint density at radius 2 is 1.77 bits per heavy atom. The molecule has 8 heteroatoms. The number of hydrogen-bond acceptors (Lipinski definition) is 4. The molecule has 6 rings (SSSR count). The lowest BCUT2D eigenvalue weighted by Crippen LogP contribution is -2.66. The molecule has 2 unspecified atom stereocenters. The molecule has 1 aromatic heterocycles. The smallest absolute Gasteiger partial charge is 0.361 e. The molecule has 1 heterocycles. The first kappa shape index (κ1) is 28.0. The third-order valence-electron chi connectivity index (χ3n) is 12.9. The van der Waals surface area contributed by atoms with E-state index in [4.69, 9.17) is 4.52 Å². The van der Waals surface area contributed by atoms with Crippen molar-refractivity contribution in [2.75, 3.05) is 6.54 Å². The Labute approximate surface area is 235 Å². The maximum atomic E-state index is 14.5. The summed E-state index contributed by atoms with van der Waals surface area (Å²) in [6.07, 6.45) is 5.15. The number of alkyl halides is 3. The van der Waals surface area contributed by atoms with E-state index < -0.39 is 30.0 Å². The number of nitrogens with zero attached hydrogens (tertiary/aromatic N) is 1. The summed E-state index contributed by atoms with van der Waals surface area (Å²) in [7, 11) is 0. The van der Waals surface area contributed by atoms with Gasteiger partial charge in [0.25, 0.3) is 0 Å². The second-order valence-corrected chi connectivity index (χ2v) is 15.4. The van der Waals surface area contributed by atoms with Crippen molar-refractivity contribution in [1.29, 1.82) is 0 Å². The molecule has 0 bridgehead atoms. The fourth-order valence-electron chi connectivity index (χ4n) is 10.6. The Morgan fingerprint density at radius 1 is 1.07 bits per heavy atom. The van der Waals surface area contributed by atoms with Gasteiger partial charge in [-0.25, -0.2) is 0 Å². The number of carbonyl (C=O) groups excluding carboxylic acids is 2. The van der Waals surface area contributed by atoms with Crippen LogP contribution in [0.3, 0.4) is 0 Å². The minimum absolute atomic E-state index is 0.0658. The number of hydrogen-bond donors (Lipinski definition) is 1. The van der Waals surface area contributed by atoms with Gasteiger partial charge >= 0.3 is 6.18 Å². The first-order valence-electron chi connectivity index (χ1n) is 15.0. The van der Waals surface area contributed by atoms with E-state index in [0.29, 0.717) is 31.6 Å². The van der Waals surface area contributed by atoms with Crippen molar-refractivity contribution in [3.63, 3.8) is 0 Å². The highest BCUT2D eigenvalue weighted by Gasteiger charge is 2.70. The summed E-state index contributed by atoms with van der Waals surface area (Å²) in [6.45, 7) is 12.1. The molecular weight excluding hydrogens is 517 g/mol. The predicted molar refractivity (Wildman–Crippen MR) is 144 cm³/mol. The van der Waals surface area contributed by atoms with Crippen LogP contribution in [0.2, 0.25) is 0 Å². The Balaban J connectivity index is 1.44. The highest BCUT2D eigenvalue weighted by Crippen LogP contribution is 2.74. The van der Waals surface area contributed by atoms with E-state index in [1.54, 1.807) is 0 Å². The average Bonchev–Trinajstić information content (AvgIpc) is 3.31. The van der Waals surface area contributed by atoms with E-state index in [9.17, 15) is 22.8 Å². The summed E-state index contributed by atoms with van der Waals surface area (Å²) >= 11 is 0. The third kappa shape index (κ3) is 3.68. The van der Waals surface area contributed by atoms with Gasteiger partial charge in [-0.1, -0.05) is 52.3 Å². The van der Waals surface area contributed by atoms with Crippen LogP contribution in [0, 0.1) is 44.8 Å². The molecule has 1 N–H and O–H groups in total. The van der Waals surface area contributed by atoms with Gasteiger partial charge in [0.2, 0.25) is 5.91 Å². The van der Waals surface area contributed by atoms with E-state index in [2.05, 4.69) is 52.0 Å². The molecule has 3 saturated carbocycles. The molecule has 5 aliphatic rings. The van der Waals surface area contributed by atoms with E-state index >= 15 is 0 Å². The number of allylic oxidation sites excluding steroid dienone is 2. The van der Waals surface area contributed by atoms with Gasteiger partial charge in [0, 0.05) is 17.4 Å². The minimum Gasteiger partial charge on any atom is -0.361 e. The Bertz CT molecular complexity index is 1280. The summed E-state index contributed by atoms with van der Waals surface area (Å²) in [5, 5.41) is 6.35. The van der Waals surface area contributed by atoms with Crippen LogP contribution in [-0.2, 0) is 16.0 Å². The lowest BCUT2D eigenvalue weighted by molar-refractivity contribution is -0.181. The largest absolute Gasteiger partial charge is 0.405 e. The summed E-state index contributed by atoms with van der Waals surface area (Å²) in [6, 6.07) is 0. The molecular formula is C32H43F3N2O3. The molecule has 1 aromatic rings. The lowest BCUT2D eigenvalue weighted by atomic mass is 9.34. The number of aromatic nitrogens is 1. The van der Waals surface area contributed by atoms with Crippen LogP contribution in [0.4, 0.5) is 13.2 Å². The van der Waals surface area contributed by atoms with E-state index in [1.807, 2.05) is 12.3 Å². The van der Waals surface area contributed by atoms with Gasteiger partial charge in [0.15, 0.2) is 5.78 Å². The molecule has 0 saturated heterocycles. The molecule has 0 spiro atoms. The molecule has 1 amide bonds. The van der Waals surface area contributed by atoms with E-state index in [-0.39, 0.29) is 39.3 Å². The van der Waals surface area contributed by atoms with Crippen LogP contribution >= 0.6 is 0 Å². The van der Waals surface area contributed by atoms with Gasteiger partial charge < -0.3 is 9.84 Å². The second-order valence-electron chi connectivity index (χ2n) is 15.4. The monoisotopic (exact) mass is 560 g/mol. The summed E-state index contributed by atoms with van der Waals surface area (Å²) in [5.41, 5.74) is 0.471. The highest BCUT2D eigenvalue weighted by atomic mass is 19.4. The van der Waals surface area contributed by atoms with Gasteiger partial charge in [-0.3, -0.25) is 9.59 Å². The standard InChI is InChI=1S/C32H43F3N2O3/c1-18-20-7-8-29(5)23(28(20,4)14-19-16-37-40-25(18)19)13-22(38)24-21-15-27(2,3)9-11-31(21,12-10-30(24,29)6)26(39)36-17-32(33,34)35/h13,16,18,20-21,24H,7-12,14-15,17H2,1-6H3,(H,36,39)/t18-,20-,21?,24?,28-,29+,30+,31-/m0/s1. The van der Waals surface area contributed by atoms with Crippen molar-refractivity contribution in [3.8, 4) is 0 Å². The number of nitrogens with one attached hydrogen (secondary N) is 1. The summed E-state index contributed by atoms with van der Waals surface area (Å²) in [5.74, 6) is 0.384. The normalized spacial score (nSPS) is 43.8. The van der Waals surface area contributed by atoms with Crippen molar-refractivity contribution >= 4 is 11.7 Å². The van der Waals surface area contributed by atoms with E-state index in [1.165, 1.54) is 5.57 Å². The van der Waals surface area contributed by atoms with Crippen LogP contribution < -0.4 is 5.32 Å². The zero-order valence-corrected chi connectivity index (χ0v) is 24.6. The van der Waals surface area contributed by atoms with Crippen LogP contribution in [0.1, 0.15) is 104 Å². The average molecular weight is 561 g/mol. The van der Waals surface area contributed by atoms with Gasteiger partial charge in [-0.2, -0.15) is 13.2 Å². The van der Waals surface area contributed by atoms with Gasteiger partial charge in [-0.15, -0.1) is 0 Å². The fourth-order valence-corrected chi connectivity index (χ4v) is 10.6. The number of rotatable bonds is 2. The number of ketones is 1. The molecule has 0 aliphatic heterocycles. The molecule has 5 nitrogen and oxygen atoms in total. The van der Waals surface area contributed by atoms with Gasteiger partial charge in [-0.05, 0) is 90.9 Å². The molecule has 5 aliphatic carbocycles. The SMILES string of the molecule is C[C@@H]1c2oncc2C[C@]2(C)C3=CC(=O)C4C5CC(C)(C)CC[C@]5(C(=O)NCC(F)(F)F)CC[C@@]4(C)[C@]3(C)CC[C@@H]12. The number of fused-ring (bicyclic) bond motifs is 8. The third-order valence-corrected chi connectivity index (χ3v) is 12.9.